The van der Waals surface area contributed by atoms with Gasteiger partial charge in [0.25, 0.3) is 0 Å². The van der Waals surface area contributed by atoms with Crippen LogP contribution in [0.5, 0.6) is 0 Å². The first kappa shape index (κ1) is 18.9. The van der Waals surface area contributed by atoms with Crippen molar-refractivity contribution in [2.45, 2.75) is 31.5 Å². The number of aromatic nitrogens is 1. The maximum atomic E-state index is 13.7. The van der Waals surface area contributed by atoms with Crippen molar-refractivity contribution in [3.05, 3.63) is 59.8 Å². The molecule has 0 radical (unpaired) electrons. The molecule has 4 rings (SSSR count). The highest BCUT2D eigenvalue weighted by molar-refractivity contribution is 5.93. The van der Waals surface area contributed by atoms with E-state index in [-0.39, 0.29) is 30.0 Å². The number of fused-ring (bicyclic) bond motifs is 1. The van der Waals surface area contributed by atoms with Crippen molar-refractivity contribution in [1.29, 1.82) is 0 Å². The molecule has 0 spiro atoms. The second-order valence-electron chi connectivity index (χ2n) is 7.37. The van der Waals surface area contributed by atoms with Crippen LogP contribution in [0.1, 0.15) is 24.9 Å². The Kier molecular flexibility index (Phi) is 5.34. The van der Waals surface area contributed by atoms with E-state index in [9.17, 15) is 13.6 Å². The quantitative estimate of drug-likeness (QED) is 0.751. The Morgan fingerprint density at radius 3 is 2.86 bits per heavy atom. The maximum Gasteiger partial charge on any atom is 0.242 e. The number of hydrogen-bond acceptors (Lipinski definition) is 5. The van der Waals surface area contributed by atoms with Crippen molar-refractivity contribution in [1.82, 2.24) is 20.7 Å². The average Bonchev–Trinajstić information content (AvgIpc) is 3.13. The van der Waals surface area contributed by atoms with Gasteiger partial charge in [0.1, 0.15) is 5.82 Å². The molecule has 3 N–H and O–H groups in total. The molecule has 148 valence electrons. The number of pyridine rings is 1. The van der Waals surface area contributed by atoms with Crippen LogP contribution in [0.3, 0.4) is 0 Å². The topological polar surface area (TPSA) is 69.3 Å². The summed E-state index contributed by atoms with van der Waals surface area (Å²) in [7, 11) is 0. The number of hydrogen-bond donors (Lipinski definition) is 3. The summed E-state index contributed by atoms with van der Waals surface area (Å²) in [6.07, 6.45) is 2.49. The summed E-state index contributed by atoms with van der Waals surface area (Å²) in [5.74, 6) is -1.14. The molecule has 2 saturated heterocycles. The van der Waals surface area contributed by atoms with Crippen LogP contribution in [0.15, 0.2) is 42.6 Å². The van der Waals surface area contributed by atoms with Crippen LogP contribution < -0.4 is 16.2 Å². The van der Waals surface area contributed by atoms with E-state index in [4.69, 9.17) is 0 Å². The number of piperidine rings is 1. The SMILES string of the molecule is CC(C(=O)Nc1ccccn1)N1CCC2NNC(c3ccc(F)c(F)c3)C2C1. The van der Waals surface area contributed by atoms with Crippen molar-refractivity contribution in [2.24, 2.45) is 5.92 Å². The summed E-state index contributed by atoms with van der Waals surface area (Å²) in [6.45, 7) is 3.32. The fourth-order valence-electron chi connectivity index (χ4n) is 4.05. The molecule has 4 atom stereocenters. The highest BCUT2D eigenvalue weighted by Crippen LogP contribution is 2.34. The molecule has 28 heavy (non-hydrogen) atoms. The molecule has 4 unspecified atom stereocenters. The molecule has 1 aromatic carbocycles. The molecular weight excluding hydrogens is 364 g/mol. The van der Waals surface area contributed by atoms with Crippen molar-refractivity contribution >= 4 is 11.7 Å². The van der Waals surface area contributed by atoms with Gasteiger partial charge in [-0.2, -0.15) is 0 Å². The predicted octanol–water partition coefficient (Wildman–Crippen LogP) is 2.23. The highest BCUT2D eigenvalue weighted by Gasteiger charge is 2.42. The number of hydrazine groups is 1. The molecule has 1 aromatic heterocycles. The zero-order valence-corrected chi connectivity index (χ0v) is 15.5. The summed E-state index contributed by atoms with van der Waals surface area (Å²) >= 11 is 0. The summed E-state index contributed by atoms with van der Waals surface area (Å²) < 4.78 is 27.0. The number of benzene rings is 1. The van der Waals surface area contributed by atoms with Crippen molar-refractivity contribution < 1.29 is 13.6 Å². The highest BCUT2D eigenvalue weighted by atomic mass is 19.2. The normalized spacial score (nSPS) is 25.9. The molecule has 2 aromatic rings. The first-order chi connectivity index (χ1) is 13.5. The van der Waals surface area contributed by atoms with Crippen molar-refractivity contribution in [2.75, 3.05) is 18.4 Å². The van der Waals surface area contributed by atoms with Crippen molar-refractivity contribution in [3.63, 3.8) is 0 Å². The first-order valence-electron chi connectivity index (χ1n) is 9.45. The average molecular weight is 387 g/mol. The lowest BCUT2D eigenvalue weighted by molar-refractivity contribution is -0.121. The smallest absolute Gasteiger partial charge is 0.242 e. The number of halogens is 2. The monoisotopic (exact) mass is 387 g/mol. The molecule has 2 fully saturated rings. The number of carbonyl (C=O) groups excluding carboxylic acids is 1. The summed E-state index contributed by atoms with van der Waals surface area (Å²) in [5.41, 5.74) is 7.18. The minimum Gasteiger partial charge on any atom is -0.309 e. The van der Waals surface area contributed by atoms with Crippen LogP contribution in [-0.4, -0.2) is 41.0 Å². The number of anilines is 1. The van der Waals surface area contributed by atoms with E-state index in [0.29, 0.717) is 17.9 Å². The van der Waals surface area contributed by atoms with Crippen LogP contribution in [0.4, 0.5) is 14.6 Å². The minimum atomic E-state index is -0.851. The number of rotatable bonds is 4. The zero-order valence-electron chi connectivity index (χ0n) is 15.5. The maximum absolute atomic E-state index is 13.7. The van der Waals surface area contributed by atoms with Gasteiger partial charge in [-0.25, -0.2) is 19.2 Å². The van der Waals surface area contributed by atoms with E-state index in [1.165, 1.54) is 6.07 Å². The fourth-order valence-corrected chi connectivity index (χ4v) is 4.05. The van der Waals surface area contributed by atoms with Crippen LogP contribution in [0.2, 0.25) is 0 Å². The second kappa shape index (κ2) is 7.90. The van der Waals surface area contributed by atoms with E-state index in [1.807, 2.05) is 13.0 Å². The molecule has 2 aliphatic rings. The first-order valence-corrected chi connectivity index (χ1v) is 9.45. The third kappa shape index (κ3) is 3.76. The number of nitrogens with one attached hydrogen (secondary N) is 3. The van der Waals surface area contributed by atoms with E-state index in [0.717, 1.165) is 19.0 Å². The summed E-state index contributed by atoms with van der Waals surface area (Å²) in [6, 6.07) is 9.13. The van der Waals surface area contributed by atoms with Crippen LogP contribution >= 0.6 is 0 Å². The van der Waals surface area contributed by atoms with E-state index < -0.39 is 11.6 Å². The molecule has 2 aliphatic heterocycles. The Labute approximate surface area is 162 Å². The van der Waals surface area contributed by atoms with E-state index in [1.54, 1.807) is 24.4 Å². The standard InChI is InChI=1S/C20H23F2N5O/c1-12(20(28)24-18-4-2-3-8-23-18)27-9-7-17-14(11-27)19(26-25-17)13-5-6-15(21)16(22)10-13/h2-6,8,10,12,14,17,19,25-26H,7,9,11H2,1H3,(H,23,24,28). The molecular formula is C20H23F2N5O. The van der Waals surface area contributed by atoms with Gasteiger partial charge in [0, 0.05) is 31.2 Å². The molecule has 6 nitrogen and oxygen atoms in total. The Bertz CT molecular complexity index is 850. The van der Waals surface area contributed by atoms with Crippen molar-refractivity contribution in [3.8, 4) is 0 Å². The van der Waals surface area contributed by atoms with E-state index in [2.05, 4.69) is 26.1 Å². The van der Waals surface area contributed by atoms with Gasteiger partial charge in [-0.3, -0.25) is 15.1 Å². The van der Waals surface area contributed by atoms with Gasteiger partial charge >= 0.3 is 0 Å². The lowest BCUT2D eigenvalue weighted by Crippen LogP contribution is -2.52. The lowest BCUT2D eigenvalue weighted by Gasteiger charge is -2.38. The zero-order chi connectivity index (χ0) is 19.7. The Hall–Kier alpha value is -2.42. The summed E-state index contributed by atoms with van der Waals surface area (Å²) in [4.78, 5) is 18.9. The largest absolute Gasteiger partial charge is 0.309 e. The van der Waals surface area contributed by atoms with Crippen LogP contribution in [0.25, 0.3) is 0 Å². The Balaban J connectivity index is 1.45. The minimum absolute atomic E-state index is 0.111. The fraction of sp³-hybridized carbons (Fsp3) is 0.400. The molecule has 1 amide bonds. The van der Waals surface area contributed by atoms with Gasteiger partial charge in [-0.1, -0.05) is 12.1 Å². The van der Waals surface area contributed by atoms with Gasteiger partial charge in [-0.15, -0.1) is 0 Å². The van der Waals surface area contributed by atoms with Gasteiger partial charge in [0.2, 0.25) is 5.91 Å². The second-order valence-corrected chi connectivity index (χ2v) is 7.37. The molecule has 0 aliphatic carbocycles. The van der Waals surface area contributed by atoms with Gasteiger partial charge < -0.3 is 5.32 Å². The third-order valence-corrected chi connectivity index (χ3v) is 5.69. The number of likely N-dealkylation sites (tertiary alicyclic amines) is 1. The lowest BCUT2D eigenvalue weighted by atomic mass is 9.84. The number of nitrogens with zero attached hydrogens (tertiary/aromatic N) is 2. The van der Waals surface area contributed by atoms with Crippen LogP contribution in [0, 0.1) is 17.6 Å². The van der Waals surface area contributed by atoms with Gasteiger partial charge in [0.15, 0.2) is 11.6 Å². The molecule has 0 bridgehead atoms. The summed E-state index contributed by atoms with van der Waals surface area (Å²) in [5, 5.41) is 2.84. The van der Waals surface area contributed by atoms with Gasteiger partial charge in [-0.05, 0) is 43.2 Å². The van der Waals surface area contributed by atoms with Crippen LogP contribution in [-0.2, 0) is 4.79 Å². The predicted molar refractivity (Wildman–Crippen MR) is 101 cm³/mol. The number of carbonyl (C=O) groups is 1. The Morgan fingerprint density at radius 2 is 2.11 bits per heavy atom. The van der Waals surface area contributed by atoms with E-state index >= 15 is 0 Å². The number of amides is 1. The molecule has 0 saturated carbocycles. The third-order valence-electron chi connectivity index (χ3n) is 5.69. The molecule has 8 heteroatoms. The van der Waals surface area contributed by atoms with Gasteiger partial charge in [0.05, 0.1) is 12.1 Å². The molecule has 3 heterocycles. The Morgan fingerprint density at radius 1 is 1.25 bits per heavy atom.